The summed E-state index contributed by atoms with van der Waals surface area (Å²) in [6, 6.07) is 6.15. The zero-order chi connectivity index (χ0) is 13.3. The normalized spacial score (nSPS) is 21.1. The van der Waals surface area contributed by atoms with Gasteiger partial charge in [0.15, 0.2) is 0 Å². The molecule has 0 aromatic heterocycles. The quantitative estimate of drug-likeness (QED) is 0.481. The van der Waals surface area contributed by atoms with Crippen molar-refractivity contribution in [1.29, 1.82) is 0 Å². The molecule has 2 rings (SSSR count). The van der Waals surface area contributed by atoms with E-state index in [1.165, 1.54) is 12.1 Å². The Morgan fingerprint density at radius 1 is 1.44 bits per heavy atom. The second kappa shape index (κ2) is 4.94. The van der Waals surface area contributed by atoms with Crippen molar-refractivity contribution in [2.24, 2.45) is 0 Å². The van der Waals surface area contributed by atoms with Crippen LogP contribution in [0.15, 0.2) is 24.3 Å². The number of amides is 1. The van der Waals surface area contributed by atoms with E-state index in [9.17, 15) is 14.9 Å². The SMILES string of the molecule is C[C@@H](c1ccc([N+](=O)[O-])cc1)N1CC(Cl)CC1=O. The molecule has 1 saturated heterocycles. The highest BCUT2D eigenvalue weighted by Crippen LogP contribution is 2.28. The molecule has 96 valence electrons. The predicted octanol–water partition coefficient (Wildman–Crippen LogP) is 2.50. The van der Waals surface area contributed by atoms with E-state index >= 15 is 0 Å². The van der Waals surface area contributed by atoms with E-state index in [0.717, 1.165) is 5.56 Å². The number of carbonyl (C=O) groups is 1. The molecule has 1 aliphatic heterocycles. The predicted molar refractivity (Wildman–Crippen MR) is 67.5 cm³/mol. The fourth-order valence-electron chi connectivity index (χ4n) is 2.12. The summed E-state index contributed by atoms with van der Waals surface area (Å²) in [5.41, 5.74) is 0.925. The van der Waals surface area contributed by atoms with Gasteiger partial charge in [0.05, 0.1) is 16.3 Å². The number of rotatable bonds is 3. The van der Waals surface area contributed by atoms with Gasteiger partial charge >= 0.3 is 0 Å². The third-order valence-corrected chi connectivity index (χ3v) is 3.46. The lowest BCUT2D eigenvalue weighted by atomic mass is 10.1. The van der Waals surface area contributed by atoms with E-state index in [-0.39, 0.29) is 23.0 Å². The van der Waals surface area contributed by atoms with E-state index in [1.54, 1.807) is 17.0 Å². The molecule has 0 spiro atoms. The monoisotopic (exact) mass is 268 g/mol. The summed E-state index contributed by atoms with van der Waals surface area (Å²) in [6.07, 6.45) is 0.360. The number of nitro groups is 1. The molecule has 0 N–H and O–H groups in total. The van der Waals surface area contributed by atoms with Gasteiger partial charge in [0.1, 0.15) is 0 Å². The van der Waals surface area contributed by atoms with Crippen molar-refractivity contribution < 1.29 is 9.72 Å². The molecule has 1 aliphatic rings. The van der Waals surface area contributed by atoms with Gasteiger partial charge in [-0.15, -0.1) is 11.6 Å². The summed E-state index contributed by atoms with van der Waals surface area (Å²) in [6.45, 7) is 2.42. The number of alkyl halides is 1. The number of hydrogen-bond acceptors (Lipinski definition) is 3. The van der Waals surface area contributed by atoms with Gasteiger partial charge in [0.25, 0.3) is 5.69 Å². The first kappa shape index (κ1) is 12.8. The summed E-state index contributed by atoms with van der Waals surface area (Å²) in [4.78, 5) is 23.5. The number of benzene rings is 1. The molecule has 5 nitrogen and oxygen atoms in total. The average molecular weight is 269 g/mol. The van der Waals surface area contributed by atoms with Crippen molar-refractivity contribution in [2.75, 3.05) is 6.54 Å². The van der Waals surface area contributed by atoms with E-state index in [1.807, 2.05) is 6.92 Å². The highest BCUT2D eigenvalue weighted by atomic mass is 35.5. The third-order valence-electron chi connectivity index (χ3n) is 3.17. The first-order valence-corrected chi connectivity index (χ1v) is 6.10. The molecular weight excluding hydrogens is 256 g/mol. The molecule has 0 saturated carbocycles. The Morgan fingerprint density at radius 3 is 2.50 bits per heavy atom. The van der Waals surface area contributed by atoms with Gasteiger partial charge in [-0.2, -0.15) is 0 Å². The van der Waals surface area contributed by atoms with Gasteiger partial charge in [0, 0.05) is 25.1 Å². The van der Waals surface area contributed by atoms with Crippen LogP contribution in [0.25, 0.3) is 0 Å². The molecule has 1 aromatic carbocycles. The third kappa shape index (κ3) is 2.46. The van der Waals surface area contributed by atoms with Crippen molar-refractivity contribution in [3.05, 3.63) is 39.9 Å². The Morgan fingerprint density at radius 2 is 2.06 bits per heavy atom. The van der Waals surface area contributed by atoms with Crippen LogP contribution in [0.3, 0.4) is 0 Å². The van der Waals surface area contributed by atoms with E-state index in [0.29, 0.717) is 13.0 Å². The highest BCUT2D eigenvalue weighted by Gasteiger charge is 2.31. The van der Waals surface area contributed by atoms with Crippen LogP contribution in [0.5, 0.6) is 0 Å². The van der Waals surface area contributed by atoms with Crippen LogP contribution in [-0.2, 0) is 4.79 Å². The minimum atomic E-state index is -0.440. The maximum atomic E-state index is 11.7. The van der Waals surface area contributed by atoms with Crippen LogP contribution in [0.2, 0.25) is 0 Å². The summed E-state index contributed by atoms with van der Waals surface area (Å²) in [7, 11) is 0. The number of likely N-dealkylation sites (tertiary alicyclic amines) is 1. The molecule has 1 heterocycles. The van der Waals surface area contributed by atoms with Crippen molar-refractivity contribution in [3.63, 3.8) is 0 Å². The van der Waals surface area contributed by atoms with Crippen molar-refractivity contribution in [2.45, 2.75) is 24.8 Å². The van der Waals surface area contributed by atoms with Gasteiger partial charge in [-0.25, -0.2) is 0 Å². The van der Waals surface area contributed by atoms with Crippen LogP contribution >= 0.6 is 11.6 Å². The Kier molecular flexibility index (Phi) is 3.52. The van der Waals surface area contributed by atoms with E-state index in [2.05, 4.69) is 0 Å². The lowest BCUT2D eigenvalue weighted by Gasteiger charge is -2.24. The largest absolute Gasteiger partial charge is 0.334 e. The van der Waals surface area contributed by atoms with Gasteiger partial charge in [-0.05, 0) is 12.5 Å². The van der Waals surface area contributed by atoms with Gasteiger partial charge < -0.3 is 4.90 Å². The average Bonchev–Trinajstić information content (AvgIpc) is 2.67. The topological polar surface area (TPSA) is 63.5 Å². The number of nitrogens with zero attached hydrogens (tertiary/aromatic N) is 2. The van der Waals surface area contributed by atoms with Gasteiger partial charge in [-0.1, -0.05) is 12.1 Å². The summed E-state index contributed by atoms with van der Waals surface area (Å²) in [5.74, 6) is 0.0286. The number of nitro benzene ring substituents is 1. The zero-order valence-electron chi connectivity index (χ0n) is 9.88. The molecule has 1 aromatic rings. The Hall–Kier alpha value is -1.62. The molecule has 2 atom stereocenters. The first-order chi connectivity index (χ1) is 8.49. The second-order valence-electron chi connectivity index (χ2n) is 4.37. The summed E-state index contributed by atoms with van der Waals surface area (Å²) >= 11 is 5.95. The molecule has 18 heavy (non-hydrogen) atoms. The highest BCUT2D eigenvalue weighted by molar-refractivity contribution is 6.22. The van der Waals surface area contributed by atoms with Crippen LogP contribution in [-0.4, -0.2) is 27.7 Å². The van der Waals surface area contributed by atoms with Crippen molar-refractivity contribution in [3.8, 4) is 0 Å². The molecule has 1 unspecified atom stereocenters. The Labute approximate surface area is 109 Å². The summed E-state index contributed by atoms with van der Waals surface area (Å²) < 4.78 is 0. The minimum absolute atomic E-state index is 0.0286. The van der Waals surface area contributed by atoms with E-state index in [4.69, 9.17) is 11.6 Å². The number of halogens is 1. The molecule has 1 amide bonds. The van der Waals surface area contributed by atoms with Crippen molar-refractivity contribution >= 4 is 23.2 Å². The molecule has 0 radical (unpaired) electrons. The second-order valence-corrected chi connectivity index (χ2v) is 4.99. The van der Waals surface area contributed by atoms with Crippen LogP contribution in [0.4, 0.5) is 5.69 Å². The van der Waals surface area contributed by atoms with Gasteiger partial charge in [-0.3, -0.25) is 14.9 Å². The first-order valence-electron chi connectivity index (χ1n) is 5.67. The zero-order valence-corrected chi connectivity index (χ0v) is 10.6. The van der Waals surface area contributed by atoms with E-state index < -0.39 is 4.92 Å². The molecule has 0 bridgehead atoms. The smallest absolute Gasteiger partial charge is 0.269 e. The standard InChI is InChI=1S/C12H13ClN2O3/c1-8(14-7-10(13)6-12(14)16)9-2-4-11(5-3-9)15(17)18/h2-5,8,10H,6-7H2,1H3/t8-,10?/m0/s1. The minimum Gasteiger partial charge on any atom is -0.334 e. The number of carbonyl (C=O) groups excluding carboxylic acids is 1. The maximum Gasteiger partial charge on any atom is 0.269 e. The Bertz CT molecular complexity index is 475. The van der Waals surface area contributed by atoms with Crippen molar-refractivity contribution in [1.82, 2.24) is 4.90 Å². The number of non-ortho nitro benzene ring substituents is 1. The molecular formula is C12H13ClN2O3. The maximum absolute atomic E-state index is 11.7. The Balaban J connectivity index is 2.16. The lowest BCUT2D eigenvalue weighted by Crippen LogP contribution is -2.28. The lowest BCUT2D eigenvalue weighted by molar-refractivity contribution is -0.384. The number of hydrogen-bond donors (Lipinski definition) is 0. The molecule has 0 aliphatic carbocycles. The van der Waals surface area contributed by atoms with Crippen LogP contribution in [0.1, 0.15) is 24.9 Å². The van der Waals surface area contributed by atoms with Crippen LogP contribution in [0, 0.1) is 10.1 Å². The molecule has 6 heteroatoms. The fraction of sp³-hybridized carbons (Fsp3) is 0.417. The van der Waals surface area contributed by atoms with Gasteiger partial charge in [0.2, 0.25) is 5.91 Å². The fourth-order valence-corrected chi connectivity index (χ4v) is 2.40. The van der Waals surface area contributed by atoms with Crippen LogP contribution < -0.4 is 0 Å². The molecule has 1 fully saturated rings. The summed E-state index contributed by atoms with van der Waals surface area (Å²) in [5, 5.41) is 10.4.